The number of benzene rings is 3. The standard InChI is InChI=1S/C35H33FN8O3S/c36-28-10-1-2-11-29(28)41-34(45)39-25-7-3-6-24(22-25)31-32(44-17-21-48-35(44)42-31)30-12-13-37-33(40-30)38-26-8-4-9-27(23-26)47-18-5-14-43-15-19-46-20-16-43/h1-4,6-13,17,21-23H,5,14-16,18-20H2,(H,37,38,40)(H2,39,41,45). The monoisotopic (exact) mass is 664 g/mol. The first-order valence-corrected chi connectivity index (χ1v) is 16.5. The van der Waals surface area contributed by atoms with E-state index >= 15 is 0 Å². The van der Waals surface area contributed by atoms with Crippen LogP contribution in [0.25, 0.3) is 27.6 Å². The van der Waals surface area contributed by atoms with Crippen molar-refractivity contribution in [2.24, 2.45) is 0 Å². The highest BCUT2D eigenvalue weighted by Gasteiger charge is 2.19. The number of thiazole rings is 1. The van der Waals surface area contributed by atoms with E-state index in [9.17, 15) is 9.18 Å². The maximum atomic E-state index is 14.1. The van der Waals surface area contributed by atoms with Gasteiger partial charge in [0.25, 0.3) is 0 Å². The fraction of sp³-hybridized carbons (Fsp3) is 0.200. The molecular formula is C35H33FN8O3S. The summed E-state index contributed by atoms with van der Waals surface area (Å²) in [5.74, 6) is 0.680. The Labute approximate surface area is 280 Å². The second-order valence-electron chi connectivity index (χ2n) is 11.1. The Morgan fingerprint density at radius 1 is 0.958 bits per heavy atom. The van der Waals surface area contributed by atoms with Crippen LogP contribution in [0.15, 0.2) is 96.6 Å². The highest BCUT2D eigenvalue weighted by atomic mass is 32.1. The number of morpholine rings is 1. The largest absolute Gasteiger partial charge is 0.493 e. The average Bonchev–Trinajstić information content (AvgIpc) is 3.71. The first kappa shape index (κ1) is 31.2. The van der Waals surface area contributed by atoms with Crippen molar-refractivity contribution in [2.75, 3.05) is 55.4 Å². The number of para-hydroxylation sites is 1. The molecule has 7 rings (SSSR count). The van der Waals surface area contributed by atoms with E-state index in [1.807, 2.05) is 64.5 Å². The van der Waals surface area contributed by atoms with Gasteiger partial charge in [-0.15, -0.1) is 11.3 Å². The molecule has 11 nitrogen and oxygen atoms in total. The molecule has 3 aromatic heterocycles. The van der Waals surface area contributed by atoms with Crippen LogP contribution in [0.4, 0.5) is 32.2 Å². The van der Waals surface area contributed by atoms with Crippen LogP contribution in [0.1, 0.15) is 6.42 Å². The number of nitrogens with zero attached hydrogens (tertiary/aromatic N) is 5. The van der Waals surface area contributed by atoms with Crippen LogP contribution in [-0.2, 0) is 4.74 Å². The zero-order valence-electron chi connectivity index (χ0n) is 25.9. The fourth-order valence-electron chi connectivity index (χ4n) is 5.47. The van der Waals surface area contributed by atoms with Crippen molar-refractivity contribution >= 4 is 45.3 Å². The van der Waals surface area contributed by atoms with Crippen LogP contribution in [-0.4, -0.2) is 69.7 Å². The van der Waals surface area contributed by atoms with Crippen LogP contribution < -0.4 is 20.7 Å². The zero-order valence-corrected chi connectivity index (χ0v) is 26.8. The van der Waals surface area contributed by atoms with E-state index in [0.29, 0.717) is 29.6 Å². The van der Waals surface area contributed by atoms with Gasteiger partial charge < -0.3 is 25.4 Å². The number of rotatable bonds is 11. The van der Waals surface area contributed by atoms with Crippen LogP contribution in [0.2, 0.25) is 0 Å². The molecule has 0 radical (unpaired) electrons. The van der Waals surface area contributed by atoms with Crippen LogP contribution in [0.3, 0.4) is 0 Å². The van der Waals surface area contributed by atoms with Crippen molar-refractivity contribution in [3.05, 3.63) is 102 Å². The van der Waals surface area contributed by atoms with Crippen molar-refractivity contribution in [1.82, 2.24) is 24.3 Å². The van der Waals surface area contributed by atoms with E-state index in [2.05, 4.69) is 25.8 Å². The number of anilines is 4. The van der Waals surface area contributed by atoms with Gasteiger partial charge in [-0.3, -0.25) is 9.30 Å². The number of ether oxygens (including phenoxy) is 2. The Balaban J connectivity index is 1.07. The Morgan fingerprint density at radius 2 is 1.81 bits per heavy atom. The molecule has 4 heterocycles. The van der Waals surface area contributed by atoms with Crippen molar-refractivity contribution in [3.63, 3.8) is 0 Å². The number of imidazole rings is 1. The molecule has 0 aliphatic carbocycles. The molecule has 6 aromatic rings. The fourth-order valence-corrected chi connectivity index (χ4v) is 6.18. The maximum absolute atomic E-state index is 14.1. The Kier molecular flexibility index (Phi) is 9.50. The summed E-state index contributed by atoms with van der Waals surface area (Å²) in [5, 5.41) is 10.6. The minimum absolute atomic E-state index is 0.0923. The molecule has 1 aliphatic heterocycles. The summed E-state index contributed by atoms with van der Waals surface area (Å²) in [6.07, 6.45) is 4.59. The van der Waals surface area contributed by atoms with Gasteiger partial charge in [-0.05, 0) is 48.9 Å². The van der Waals surface area contributed by atoms with Crippen molar-refractivity contribution < 1.29 is 18.7 Å². The highest BCUT2D eigenvalue weighted by Crippen LogP contribution is 2.35. The third kappa shape index (κ3) is 7.44. The predicted molar refractivity (Wildman–Crippen MR) is 186 cm³/mol. The Hall–Kier alpha value is -5.37. The molecule has 2 amide bonds. The van der Waals surface area contributed by atoms with E-state index in [-0.39, 0.29) is 5.69 Å². The predicted octanol–water partition coefficient (Wildman–Crippen LogP) is 7.15. The van der Waals surface area contributed by atoms with E-state index in [1.54, 1.807) is 24.4 Å². The van der Waals surface area contributed by atoms with Gasteiger partial charge in [0.1, 0.15) is 17.3 Å². The molecule has 13 heteroatoms. The van der Waals surface area contributed by atoms with E-state index in [4.69, 9.17) is 19.4 Å². The maximum Gasteiger partial charge on any atom is 0.323 e. The van der Waals surface area contributed by atoms with Crippen LogP contribution >= 0.6 is 11.3 Å². The average molecular weight is 665 g/mol. The molecule has 3 aromatic carbocycles. The van der Waals surface area contributed by atoms with Crippen LogP contribution in [0.5, 0.6) is 5.75 Å². The molecule has 0 unspecified atom stereocenters. The normalized spacial score (nSPS) is 13.4. The van der Waals surface area contributed by atoms with Crippen molar-refractivity contribution in [3.8, 4) is 28.4 Å². The number of amides is 2. The zero-order chi connectivity index (χ0) is 32.7. The lowest BCUT2D eigenvalue weighted by Crippen LogP contribution is -2.37. The second-order valence-corrected chi connectivity index (χ2v) is 12.0. The first-order chi connectivity index (χ1) is 23.6. The van der Waals surface area contributed by atoms with Crippen molar-refractivity contribution in [1.29, 1.82) is 0 Å². The quantitative estimate of drug-likeness (QED) is 0.125. The number of nitrogens with one attached hydrogen (secondary N) is 3. The summed E-state index contributed by atoms with van der Waals surface area (Å²) in [6, 6.07) is 22.4. The third-order valence-corrected chi connectivity index (χ3v) is 8.51. The number of urea groups is 1. The number of carbonyl (C=O) groups excluding carboxylic acids is 1. The van der Waals surface area contributed by atoms with Gasteiger partial charge in [-0.25, -0.2) is 24.1 Å². The van der Waals surface area contributed by atoms with Crippen LogP contribution in [0, 0.1) is 5.82 Å². The number of halogens is 1. The van der Waals surface area contributed by atoms with Gasteiger partial charge in [0.2, 0.25) is 5.95 Å². The van der Waals surface area contributed by atoms with E-state index in [0.717, 1.165) is 66.9 Å². The number of carbonyl (C=O) groups is 1. The van der Waals surface area contributed by atoms with Gasteiger partial charge in [-0.2, -0.15) is 0 Å². The number of fused-ring (bicyclic) bond motifs is 1. The lowest BCUT2D eigenvalue weighted by molar-refractivity contribution is 0.0358. The summed E-state index contributed by atoms with van der Waals surface area (Å²) in [7, 11) is 0. The van der Waals surface area contributed by atoms with Gasteiger partial charge >= 0.3 is 6.03 Å². The molecule has 1 saturated heterocycles. The third-order valence-electron chi connectivity index (χ3n) is 7.76. The second kappa shape index (κ2) is 14.6. The molecule has 0 atom stereocenters. The van der Waals surface area contributed by atoms with Gasteiger partial charge in [0, 0.05) is 60.4 Å². The summed E-state index contributed by atoms with van der Waals surface area (Å²) in [5.41, 5.74) is 4.33. The minimum Gasteiger partial charge on any atom is -0.493 e. The first-order valence-electron chi connectivity index (χ1n) is 15.6. The lowest BCUT2D eigenvalue weighted by atomic mass is 10.1. The molecule has 3 N–H and O–H groups in total. The lowest BCUT2D eigenvalue weighted by Gasteiger charge is -2.26. The minimum atomic E-state index is -0.558. The van der Waals surface area contributed by atoms with Crippen molar-refractivity contribution in [2.45, 2.75) is 6.42 Å². The molecule has 0 saturated carbocycles. The molecule has 244 valence electrons. The molecule has 0 bridgehead atoms. The Bertz CT molecular complexity index is 2030. The van der Waals surface area contributed by atoms with E-state index in [1.165, 1.54) is 23.5 Å². The number of hydrogen-bond donors (Lipinski definition) is 3. The molecular weight excluding hydrogens is 632 g/mol. The van der Waals surface area contributed by atoms with Gasteiger partial charge in [-0.1, -0.05) is 30.3 Å². The smallest absolute Gasteiger partial charge is 0.323 e. The molecule has 48 heavy (non-hydrogen) atoms. The number of hydrogen-bond acceptors (Lipinski definition) is 9. The molecule has 1 aliphatic rings. The summed E-state index contributed by atoms with van der Waals surface area (Å²) in [6.45, 7) is 5.14. The molecule has 1 fully saturated rings. The number of aromatic nitrogens is 4. The Morgan fingerprint density at radius 3 is 2.71 bits per heavy atom. The summed E-state index contributed by atoms with van der Waals surface area (Å²) >= 11 is 1.51. The van der Waals surface area contributed by atoms with Gasteiger partial charge in [0.15, 0.2) is 4.96 Å². The van der Waals surface area contributed by atoms with Gasteiger partial charge in [0.05, 0.1) is 36.9 Å². The topological polar surface area (TPSA) is 118 Å². The SMILES string of the molecule is O=C(Nc1cccc(-c2nc3sccn3c2-c2ccnc(Nc3cccc(OCCCN4CCOCC4)c3)n2)c1)Nc1ccccc1F. The molecule has 0 spiro atoms. The highest BCUT2D eigenvalue weighted by molar-refractivity contribution is 7.15. The van der Waals surface area contributed by atoms with E-state index < -0.39 is 11.8 Å². The summed E-state index contributed by atoms with van der Waals surface area (Å²) < 4.78 is 27.5. The summed E-state index contributed by atoms with van der Waals surface area (Å²) in [4.78, 5) is 30.1.